The molecule has 5 nitrogen and oxygen atoms in total. The lowest BCUT2D eigenvalue weighted by molar-refractivity contribution is -0.117. The van der Waals surface area contributed by atoms with Gasteiger partial charge in [-0.1, -0.05) is 60.7 Å². The van der Waals surface area contributed by atoms with Crippen molar-refractivity contribution in [1.29, 1.82) is 0 Å². The maximum atomic E-state index is 12.7. The summed E-state index contributed by atoms with van der Waals surface area (Å²) >= 11 is 0. The van der Waals surface area contributed by atoms with Crippen molar-refractivity contribution in [1.82, 2.24) is 4.90 Å². The number of amides is 1. The van der Waals surface area contributed by atoms with Gasteiger partial charge in [0.2, 0.25) is 12.7 Å². The molecular formula is C23H22N2O3. The number of carbonyl (C=O) groups is 1. The molecule has 0 bridgehead atoms. The Hall–Kier alpha value is -3.31. The first-order valence-electron chi connectivity index (χ1n) is 9.20. The Morgan fingerprint density at radius 1 is 0.929 bits per heavy atom. The van der Waals surface area contributed by atoms with Gasteiger partial charge in [-0.15, -0.1) is 0 Å². The fourth-order valence-corrected chi connectivity index (χ4v) is 3.46. The third-order valence-corrected chi connectivity index (χ3v) is 4.72. The van der Waals surface area contributed by atoms with Crippen LogP contribution in [0.4, 0.5) is 5.69 Å². The molecule has 0 saturated carbocycles. The molecule has 0 aromatic heterocycles. The van der Waals surface area contributed by atoms with Crippen LogP contribution in [0.1, 0.15) is 17.2 Å². The van der Waals surface area contributed by atoms with Gasteiger partial charge >= 0.3 is 0 Å². The number of ether oxygens (including phenoxy) is 2. The second-order valence-electron chi connectivity index (χ2n) is 6.76. The van der Waals surface area contributed by atoms with E-state index in [0.29, 0.717) is 17.2 Å². The van der Waals surface area contributed by atoms with E-state index in [1.165, 1.54) is 0 Å². The average Bonchev–Trinajstić information content (AvgIpc) is 3.17. The van der Waals surface area contributed by atoms with Crippen molar-refractivity contribution in [2.45, 2.75) is 6.04 Å². The number of rotatable bonds is 6. The van der Waals surface area contributed by atoms with E-state index in [-0.39, 0.29) is 25.3 Å². The Balaban J connectivity index is 1.49. The Labute approximate surface area is 164 Å². The molecule has 1 aliphatic heterocycles. The normalized spacial score (nSPS) is 12.4. The van der Waals surface area contributed by atoms with Crippen LogP contribution in [0.5, 0.6) is 11.5 Å². The molecule has 1 aliphatic rings. The van der Waals surface area contributed by atoms with Crippen molar-refractivity contribution in [3.63, 3.8) is 0 Å². The van der Waals surface area contributed by atoms with Crippen LogP contribution < -0.4 is 14.8 Å². The molecule has 0 spiro atoms. The summed E-state index contributed by atoms with van der Waals surface area (Å²) in [4.78, 5) is 14.7. The molecule has 0 saturated heterocycles. The van der Waals surface area contributed by atoms with Gasteiger partial charge in [0.1, 0.15) is 0 Å². The summed E-state index contributed by atoms with van der Waals surface area (Å²) in [6, 6.07) is 25.8. The Morgan fingerprint density at radius 2 is 1.54 bits per heavy atom. The SMILES string of the molecule is CN(CC(=O)Nc1ccc2c(c1)OCO2)C(c1ccccc1)c1ccccc1. The van der Waals surface area contributed by atoms with Crippen molar-refractivity contribution in [3.05, 3.63) is 90.0 Å². The zero-order chi connectivity index (χ0) is 19.3. The van der Waals surface area contributed by atoms with Gasteiger partial charge < -0.3 is 14.8 Å². The summed E-state index contributed by atoms with van der Waals surface area (Å²) in [6.45, 7) is 0.466. The van der Waals surface area contributed by atoms with Crippen LogP contribution in [-0.4, -0.2) is 31.2 Å². The molecule has 1 N–H and O–H groups in total. The van der Waals surface area contributed by atoms with Crippen molar-refractivity contribution in [2.75, 3.05) is 25.7 Å². The third-order valence-electron chi connectivity index (χ3n) is 4.72. The van der Waals surface area contributed by atoms with Crippen molar-refractivity contribution in [3.8, 4) is 11.5 Å². The summed E-state index contributed by atoms with van der Waals surface area (Å²) < 4.78 is 10.7. The highest BCUT2D eigenvalue weighted by Crippen LogP contribution is 2.34. The Kier molecular flexibility index (Phi) is 5.26. The molecule has 3 aromatic rings. The van der Waals surface area contributed by atoms with Crippen molar-refractivity contribution in [2.24, 2.45) is 0 Å². The molecule has 0 unspecified atom stereocenters. The van der Waals surface area contributed by atoms with Gasteiger partial charge in [0.15, 0.2) is 11.5 Å². The number of nitrogens with zero attached hydrogens (tertiary/aromatic N) is 1. The molecular weight excluding hydrogens is 352 g/mol. The van der Waals surface area contributed by atoms with E-state index in [9.17, 15) is 4.79 Å². The van der Waals surface area contributed by atoms with Gasteiger partial charge in [0.05, 0.1) is 12.6 Å². The number of fused-ring (bicyclic) bond motifs is 1. The second-order valence-corrected chi connectivity index (χ2v) is 6.76. The molecule has 0 radical (unpaired) electrons. The van der Waals surface area contributed by atoms with E-state index in [1.807, 2.05) is 54.4 Å². The van der Waals surface area contributed by atoms with Crippen molar-refractivity contribution < 1.29 is 14.3 Å². The second kappa shape index (κ2) is 8.15. The number of hydrogen-bond donors (Lipinski definition) is 1. The van der Waals surface area contributed by atoms with Crippen LogP contribution in [-0.2, 0) is 4.79 Å². The summed E-state index contributed by atoms with van der Waals surface area (Å²) in [5.74, 6) is 1.26. The zero-order valence-electron chi connectivity index (χ0n) is 15.7. The first-order chi connectivity index (χ1) is 13.7. The van der Waals surface area contributed by atoms with Gasteiger partial charge in [-0.2, -0.15) is 0 Å². The first kappa shape index (κ1) is 18.1. The fraction of sp³-hybridized carbons (Fsp3) is 0.174. The van der Waals surface area contributed by atoms with Crippen LogP contribution in [0, 0.1) is 0 Å². The monoisotopic (exact) mass is 374 g/mol. The van der Waals surface area contributed by atoms with Gasteiger partial charge in [-0.05, 0) is 30.3 Å². The predicted octanol–water partition coefficient (Wildman–Crippen LogP) is 4.08. The minimum atomic E-state index is -0.0850. The van der Waals surface area contributed by atoms with Crippen LogP contribution in [0.2, 0.25) is 0 Å². The highest BCUT2D eigenvalue weighted by atomic mass is 16.7. The van der Waals surface area contributed by atoms with Gasteiger partial charge in [-0.3, -0.25) is 9.69 Å². The Morgan fingerprint density at radius 3 is 2.18 bits per heavy atom. The highest BCUT2D eigenvalue weighted by molar-refractivity contribution is 5.92. The standard InChI is InChI=1S/C23H22N2O3/c1-25(15-22(26)24-19-12-13-20-21(14-19)28-16-27-20)23(17-8-4-2-5-9-17)18-10-6-3-7-11-18/h2-14,23H,15-16H2,1H3,(H,24,26). The summed E-state index contributed by atoms with van der Waals surface area (Å²) in [6.07, 6.45) is 0. The van der Waals surface area contributed by atoms with E-state index >= 15 is 0 Å². The quantitative estimate of drug-likeness (QED) is 0.707. The lowest BCUT2D eigenvalue weighted by Crippen LogP contribution is -2.33. The highest BCUT2D eigenvalue weighted by Gasteiger charge is 2.21. The average molecular weight is 374 g/mol. The van der Waals surface area contributed by atoms with Crippen LogP contribution >= 0.6 is 0 Å². The topological polar surface area (TPSA) is 50.8 Å². The Bertz CT molecular complexity index is 905. The molecule has 142 valence electrons. The minimum absolute atomic E-state index is 0.00935. The lowest BCUT2D eigenvalue weighted by atomic mass is 9.97. The molecule has 3 aromatic carbocycles. The van der Waals surface area contributed by atoms with E-state index in [2.05, 4.69) is 29.6 Å². The van der Waals surface area contributed by atoms with Crippen LogP contribution in [0.15, 0.2) is 78.9 Å². The fourth-order valence-electron chi connectivity index (χ4n) is 3.46. The zero-order valence-corrected chi connectivity index (χ0v) is 15.7. The molecule has 0 atom stereocenters. The predicted molar refractivity (Wildman–Crippen MR) is 109 cm³/mol. The van der Waals surface area contributed by atoms with E-state index in [1.54, 1.807) is 12.1 Å². The number of benzene rings is 3. The van der Waals surface area contributed by atoms with Gasteiger partial charge in [-0.25, -0.2) is 0 Å². The molecule has 1 amide bonds. The smallest absolute Gasteiger partial charge is 0.238 e. The number of carbonyl (C=O) groups excluding carboxylic acids is 1. The number of hydrogen-bond acceptors (Lipinski definition) is 4. The summed E-state index contributed by atoms with van der Waals surface area (Å²) in [5, 5.41) is 2.94. The number of nitrogens with one attached hydrogen (secondary N) is 1. The molecule has 0 aliphatic carbocycles. The van der Waals surface area contributed by atoms with Gasteiger partial charge in [0.25, 0.3) is 0 Å². The number of likely N-dealkylation sites (N-methyl/N-ethyl adjacent to an activating group) is 1. The summed E-state index contributed by atoms with van der Waals surface area (Å²) in [5.41, 5.74) is 2.98. The summed E-state index contributed by atoms with van der Waals surface area (Å²) in [7, 11) is 1.96. The van der Waals surface area contributed by atoms with Crippen LogP contribution in [0.25, 0.3) is 0 Å². The van der Waals surface area contributed by atoms with E-state index in [0.717, 1.165) is 11.1 Å². The molecule has 5 heteroatoms. The van der Waals surface area contributed by atoms with Crippen molar-refractivity contribution >= 4 is 11.6 Å². The van der Waals surface area contributed by atoms with E-state index < -0.39 is 0 Å². The van der Waals surface area contributed by atoms with Crippen LogP contribution in [0.3, 0.4) is 0 Å². The molecule has 1 heterocycles. The third kappa shape index (κ3) is 4.00. The minimum Gasteiger partial charge on any atom is -0.454 e. The molecule has 28 heavy (non-hydrogen) atoms. The maximum Gasteiger partial charge on any atom is 0.238 e. The largest absolute Gasteiger partial charge is 0.454 e. The van der Waals surface area contributed by atoms with E-state index in [4.69, 9.17) is 9.47 Å². The maximum absolute atomic E-state index is 12.7. The molecule has 0 fully saturated rings. The lowest BCUT2D eigenvalue weighted by Gasteiger charge is -2.28. The molecule has 4 rings (SSSR count). The number of anilines is 1. The first-order valence-corrected chi connectivity index (χ1v) is 9.20. The van der Waals surface area contributed by atoms with Gasteiger partial charge in [0, 0.05) is 11.8 Å².